The molecule has 5 heteroatoms. The summed E-state index contributed by atoms with van der Waals surface area (Å²) in [7, 11) is 0. The molecule has 1 aliphatic heterocycles. The molecule has 0 spiro atoms. The van der Waals surface area contributed by atoms with Crippen molar-refractivity contribution in [2.24, 2.45) is 5.92 Å². The highest BCUT2D eigenvalue weighted by atomic mass is 35.5. The Morgan fingerprint density at radius 1 is 1.53 bits per heavy atom. The summed E-state index contributed by atoms with van der Waals surface area (Å²) in [6, 6.07) is 3.95. The van der Waals surface area contributed by atoms with Crippen LogP contribution in [-0.2, 0) is 4.79 Å². The maximum absolute atomic E-state index is 12.8. The van der Waals surface area contributed by atoms with E-state index in [1.165, 1.54) is 18.2 Å². The molecule has 0 bridgehead atoms. The summed E-state index contributed by atoms with van der Waals surface area (Å²) in [6.45, 7) is 1.64. The zero-order valence-corrected chi connectivity index (χ0v) is 10.1. The fourth-order valence-electron chi connectivity index (χ4n) is 1.90. The quantitative estimate of drug-likeness (QED) is 0.853. The smallest absolute Gasteiger partial charge is 0.228 e. The monoisotopic (exact) mass is 256 g/mol. The molecule has 1 aromatic carbocycles. The number of rotatable bonds is 2. The number of hydrogen-bond acceptors (Lipinski definition) is 2. The summed E-state index contributed by atoms with van der Waals surface area (Å²) in [4.78, 5) is 11.9. The highest BCUT2D eigenvalue weighted by Gasteiger charge is 2.21. The number of anilines is 1. The van der Waals surface area contributed by atoms with Crippen LogP contribution in [0.4, 0.5) is 10.1 Å². The molecule has 92 valence electrons. The lowest BCUT2D eigenvalue weighted by Gasteiger charge is -2.22. The van der Waals surface area contributed by atoms with Gasteiger partial charge < -0.3 is 10.6 Å². The molecular weight excluding hydrogens is 243 g/mol. The number of benzene rings is 1. The van der Waals surface area contributed by atoms with Gasteiger partial charge in [0.25, 0.3) is 0 Å². The molecule has 3 nitrogen and oxygen atoms in total. The zero-order chi connectivity index (χ0) is 12.3. The average molecular weight is 257 g/mol. The van der Waals surface area contributed by atoms with E-state index in [-0.39, 0.29) is 16.8 Å². The minimum Gasteiger partial charge on any atom is -0.324 e. The first kappa shape index (κ1) is 12.3. The Bertz CT molecular complexity index is 419. The van der Waals surface area contributed by atoms with Crippen LogP contribution in [0.1, 0.15) is 12.8 Å². The van der Waals surface area contributed by atoms with Crippen molar-refractivity contribution in [3.63, 3.8) is 0 Å². The molecule has 0 unspecified atom stereocenters. The number of piperidine rings is 1. The highest BCUT2D eigenvalue weighted by molar-refractivity contribution is 6.33. The Morgan fingerprint density at radius 2 is 2.35 bits per heavy atom. The molecule has 0 saturated carbocycles. The van der Waals surface area contributed by atoms with Gasteiger partial charge >= 0.3 is 0 Å². The summed E-state index contributed by atoms with van der Waals surface area (Å²) in [6.07, 6.45) is 1.87. The van der Waals surface area contributed by atoms with Crippen LogP contribution in [0.25, 0.3) is 0 Å². The Morgan fingerprint density at radius 3 is 3.00 bits per heavy atom. The first-order valence-electron chi connectivity index (χ1n) is 5.63. The summed E-state index contributed by atoms with van der Waals surface area (Å²) in [5, 5.41) is 6.13. The minimum absolute atomic E-state index is 0.0372. The molecule has 1 atom stereocenters. The number of hydrogen-bond donors (Lipinski definition) is 2. The molecule has 0 aromatic heterocycles. The first-order valence-corrected chi connectivity index (χ1v) is 6.01. The van der Waals surface area contributed by atoms with E-state index in [4.69, 9.17) is 11.6 Å². The molecule has 0 aliphatic carbocycles. The van der Waals surface area contributed by atoms with Crippen LogP contribution >= 0.6 is 11.6 Å². The summed E-state index contributed by atoms with van der Waals surface area (Å²) < 4.78 is 12.8. The number of carbonyl (C=O) groups excluding carboxylic acids is 1. The van der Waals surface area contributed by atoms with Crippen molar-refractivity contribution < 1.29 is 9.18 Å². The summed E-state index contributed by atoms with van der Waals surface area (Å²) >= 11 is 5.84. The van der Waals surface area contributed by atoms with E-state index in [0.29, 0.717) is 12.2 Å². The number of amides is 1. The van der Waals surface area contributed by atoms with Gasteiger partial charge in [0, 0.05) is 6.54 Å². The SMILES string of the molecule is O=C(Nc1ccc(F)cc1Cl)[C@@H]1CCCNC1. The van der Waals surface area contributed by atoms with Gasteiger partial charge in [0.1, 0.15) is 5.82 Å². The summed E-state index contributed by atoms with van der Waals surface area (Å²) in [5.41, 5.74) is 0.462. The van der Waals surface area contributed by atoms with Crippen molar-refractivity contribution in [3.8, 4) is 0 Å². The summed E-state index contributed by atoms with van der Waals surface area (Å²) in [5.74, 6) is -0.511. The number of nitrogens with one attached hydrogen (secondary N) is 2. The van der Waals surface area contributed by atoms with Gasteiger partial charge in [-0.1, -0.05) is 11.6 Å². The highest BCUT2D eigenvalue weighted by Crippen LogP contribution is 2.23. The van der Waals surface area contributed by atoms with E-state index in [0.717, 1.165) is 19.4 Å². The Balaban J connectivity index is 2.02. The van der Waals surface area contributed by atoms with Crippen LogP contribution in [0.3, 0.4) is 0 Å². The number of carbonyl (C=O) groups is 1. The molecule has 1 aliphatic rings. The minimum atomic E-state index is -0.410. The van der Waals surface area contributed by atoms with Crippen LogP contribution in [0, 0.1) is 11.7 Å². The van der Waals surface area contributed by atoms with Gasteiger partial charge in [0.05, 0.1) is 16.6 Å². The maximum atomic E-state index is 12.8. The second-order valence-electron chi connectivity index (χ2n) is 4.16. The van der Waals surface area contributed by atoms with Crippen LogP contribution < -0.4 is 10.6 Å². The molecule has 1 aromatic rings. The standard InChI is InChI=1S/C12H14ClFN2O/c13-10-6-9(14)3-4-11(10)16-12(17)8-2-1-5-15-7-8/h3-4,6,8,15H,1-2,5,7H2,(H,16,17)/t8-/m1/s1. The fourth-order valence-corrected chi connectivity index (χ4v) is 2.12. The first-order chi connectivity index (χ1) is 8.16. The lowest BCUT2D eigenvalue weighted by molar-refractivity contribution is -0.120. The predicted octanol–water partition coefficient (Wildman–Crippen LogP) is 2.42. The van der Waals surface area contributed by atoms with E-state index in [1.54, 1.807) is 0 Å². The van der Waals surface area contributed by atoms with Crippen molar-refractivity contribution >= 4 is 23.2 Å². The van der Waals surface area contributed by atoms with Crippen LogP contribution in [0.2, 0.25) is 5.02 Å². The third-order valence-electron chi connectivity index (χ3n) is 2.86. The van der Waals surface area contributed by atoms with E-state index in [9.17, 15) is 9.18 Å². The van der Waals surface area contributed by atoms with Crippen molar-refractivity contribution in [1.82, 2.24) is 5.32 Å². The second kappa shape index (κ2) is 5.47. The lowest BCUT2D eigenvalue weighted by atomic mass is 9.99. The predicted molar refractivity (Wildman–Crippen MR) is 65.6 cm³/mol. The molecule has 1 fully saturated rings. The van der Waals surface area contributed by atoms with Gasteiger partial charge in [-0.2, -0.15) is 0 Å². The molecule has 2 N–H and O–H groups in total. The molecule has 0 radical (unpaired) electrons. The van der Waals surface area contributed by atoms with E-state index >= 15 is 0 Å². The van der Waals surface area contributed by atoms with Gasteiger partial charge in [-0.25, -0.2) is 4.39 Å². The van der Waals surface area contributed by atoms with Crippen molar-refractivity contribution in [3.05, 3.63) is 29.0 Å². The van der Waals surface area contributed by atoms with Crippen molar-refractivity contribution in [1.29, 1.82) is 0 Å². The second-order valence-corrected chi connectivity index (χ2v) is 4.56. The third-order valence-corrected chi connectivity index (χ3v) is 3.17. The van der Waals surface area contributed by atoms with E-state index in [1.807, 2.05) is 0 Å². The normalized spacial score (nSPS) is 20.0. The van der Waals surface area contributed by atoms with Gasteiger partial charge in [0.2, 0.25) is 5.91 Å². The molecular formula is C12H14ClFN2O. The van der Waals surface area contributed by atoms with Crippen LogP contribution in [0.5, 0.6) is 0 Å². The Labute approximate surface area is 104 Å². The van der Waals surface area contributed by atoms with Crippen molar-refractivity contribution in [2.45, 2.75) is 12.8 Å². The number of halogens is 2. The molecule has 1 heterocycles. The van der Waals surface area contributed by atoms with Gasteiger partial charge in [-0.15, -0.1) is 0 Å². The molecule has 17 heavy (non-hydrogen) atoms. The van der Waals surface area contributed by atoms with E-state index in [2.05, 4.69) is 10.6 Å². The lowest BCUT2D eigenvalue weighted by Crippen LogP contribution is -2.37. The maximum Gasteiger partial charge on any atom is 0.228 e. The average Bonchev–Trinajstić information content (AvgIpc) is 2.34. The fraction of sp³-hybridized carbons (Fsp3) is 0.417. The van der Waals surface area contributed by atoms with E-state index < -0.39 is 5.82 Å². The van der Waals surface area contributed by atoms with Gasteiger partial charge in [-0.3, -0.25) is 4.79 Å². The van der Waals surface area contributed by atoms with Crippen molar-refractivity contribution in [2.75, 3.05) is 18.4 Å². The topological polar surface area (TPSA) is 41.1 Å². The van der Waals surface area contributed by atoms with Gasteiger partial charge in [0.15, 0.2) is 0 Å². The third kappa shape index (κ3) is 3.17. The molecule has 1 amide bonds. The van der Waals surface area contributed by atoms with Crippen LogP contribution in [-0.4, -0.2) is 19.0 Å². The Hall–Kier alpha value is -1.13. The Kier molecular flexibility index (Phi) is 3.97. The zero-order valence-electron chi connectivity index (χ0n) is 9.30. The molecule has 2 rings (SSSR count). The van der Waals surface area contributed by atoms with Crippen LogP contribution in [0.15, 0.2) is 18.2 Å². The van der Waals surface area contributed by atoms with Gasteiger partial charge in [-0.05, 0) is 37.6 Å². The molecule has 1 saturated heterocycles. The largest absolute Gasteiger partial charge is 0.324 e.